The molecule has 0 rings (SSSR count). The van der Waals surface area contributed by atoms with Crippen molar-refractivity contribution in [2.45, 2.75) is 26.7 Å². The van der Waals surface area contributed by atoms with Gasteiger partial charge < -0.3 is 19.8 Å². The molecule has 0 aliphatic heterocycles. The number of aliphatic carboxylic acids is 1. The second-order valence-electron chi connectivity index (χ2n) is 4.89. The highest BCUT2D eigenvalue weighted by Gasteiger charge is 2.21. The normalized spacial score (nSPS) is 10.6. The Kier molecular flexibility index (Phi) is 8.95. The molecule has 0 unspecified atom stereocenters. The third kappa shape index (κ3) is 7.66. The van der Waals surface area contributed by atoms with E-state index in [0.29, 0.717) is 19.6 Å². The number of amides is 2. The van der Waals surface area contributed by atoms with Gasteiger partial charge >= 0.3 is 12.0 Å². The van der Waals surface area contributed by atoms with Gasteiger partial charge in [0.05, 0.1) is 0 Å². The molecule has 6 heteroatoms. The van der Waals surface area contributed by atoms with E-state index in [2.05, 4.69) is 0 Å². The van der Waals surface area contributed by atoms with Gasteiger partial charge in [0, 0.05) is 26.2 Å². The fourth-order valence-corrected chi connectivity index (χ4v) is 1.77. The highest BCUT2D eigenvalue weighted by Crippen LogP contribution is 2.02. The Morgan fingerprint density at radius 2 is 1.42 bits per heavy atom. The standard InChI is InChI=1S/C13H27N3O3/c1-5-7-15(10-9-14(3)4)13(19)16(8-6-2)11-12(17)18/h5-11H2,1-4H3,(H,17,18). The third-order valence-electron chi connectivity index (χ3n) is 2.67. The summed E-state index contributed by atoms with van der Waals surface area (Å²) in [6, 6.07) is -0.173. The van der Waals surface area contributed by atoms with Gasteiger partial charge in [0.25, 0.3) is 0 Å². The summed E-state index contributed by atoms with van der Waals surface area (Å²) >= 11 is 0. The van der Waals surface area contributed by atoms with Crippen LogP contribution in [-0.4, -0.2) is 78.6 Å². The smallest absolute Gasteiger partial charge is 0.323 e. The molecular weight excluding hydrogens is 246 g/mol. The molecule has 0 aromatic rings. The number of carbonyl (C=O) groups is 2. The number of hydrogen-bond acceptors (Lipinski definition) is 3. The average Bonchev–Trinajstić information content (AvgIpc) is 2.32. The van der Waals surface area contributed by atoms with Gasteiger partial charge in [-0.15, -0.1) is 0 Å². The van der Waals surface area contributed by atoms with Crippen molar-refractivity contribution in [3.8, 4) is 0 Å². The first-order valence-corrected chi connectivity index (χ1v) is 6.82. The number of urea groups is 1. The topological polar surface area (TPSA) is 64.1 Å². The number of likely N-dealkylation sites (N-methyl/N-ethyl adjacent to an activating group) is 1. The van der Waals surface area contributed by atoms with Gasteiger partial charge in [-0.05, 0) is 26.9 Å². The Hall–Kier alpha value is -1.30. The molecule has 112 valence electrons. The Morgan fingerprint density at radius 1 is 0.895 bits per heavy atom. The van der Waals surface area contributed by atoms with E-state index in [1.165, 1.54) is 4.90 Å². The largest absolute Gasteiger partial charge is 0.480 e. The van der Waals surface area contributed by atoms with Crippen LogP contribution >= 0.6 is 0 Å². The Morgan fingerprint density at radius 3 is 1.84 bits per heavy atom. The molecule has 2 amide bonds. The van der Waals surface area contributed by atoms with E-state index in [9.17, 15) is 9.59 Å². The lowest BCUT2D eigenvalue weighted by atomic mass is 10.3. The van der Waals surface area contributed by atoms with Gasteiger partial charge in [0.2, 0.25) is 0 Å². The molecule has 0 aliphatic rings. The summed E-state index contributed by atoms with van der Waals surface area (Å²) in [6.07, 6.45) is 1.62. The van der Waals surface area contributed by atoms with Crippen LogP contribution in [0.5, 0.6) is 0 Å². The molecule has 0 heterocycles. The molecule has 0 fully saturated rings. The SMILES string of the molecule is CCCN(CCN(C)C)C(=O)N(CCC)CC(=O)O. The summed E-state index contributed by atoms with van der Waals surface area (Å²) in [5.41, 5.74) is 0. The lowest BCUT2D eigenvalue weighted by molar-refractivity contribution is -0.137. The summed E-state index contributed by atoms with van der Waals surface area (Å²) in [7, 11) is 3.91. The summed E-state index contributed by atoms with van der Waals surface area (Å²) in [4.78, 5) is 28.3. The number of carboxylic acid groups (broad SMARTS) is 1. The fraction of sp³-hybridized carbons (Fsp3) is 0.846. The van der Waals surface area contributed by atoms with Gasteiger partial charge in [-0.1, -0.05) is 13.8 Å². The average molecular weight is 273 g/mol. The zero-order chi connectivity index (χ0) is 14.8. The third-order valence-corrected chi connectivity index (χ3v) is 2.67. The van der Waals surface area contributed by atoms with Gasteiger partial charge in [-0.2, -0.15) is 0 Å². The maximum atomic E-state index is 12.3. The van der Waals surface area contributed by atoms with E-state index >= 15 is 0 Å². The minimum absolute atomic E-state index is 0.173. The minimum atomic E-state index is -0.967. The number of rotatable bonds is 9. The molecular formula is C13H27N3O3. The first kappa shape index (κ1) is 17.7. The lowest BCUT2D eigenvalue weighted by Gasteiger charge is -2.30. The zero-order valence-corrected chi connectivity index (χ0v) is 12.6. The quantitative estimate of drug-likeness (QED) is 0.685. The summed E-state index contributed by atoms with van der Waals surface area (Å²) < 4.78 is 0. The van der Waals surface area contributed by atoms with E-state index in [1.807, 2.05) is 32.8 Å². The van der Waals surface area contributed by atoms with Crippen molar-refractivity contribution in [2.75, 3.05) is 46.8 Å². The van der Waals surface area contributed by atoms with Crippen molar-refractivity contribution in [2.24, 2.45) is 0 Å². The number of carboxylic acids is 1. The van der Waals surface area contributed by atoms with Crippen LogP contribution in [0.1, 0.15) is 26.7 Å². The van der Waals surface area contributed by atoms with Crippen molar-refractivity contribution in [1.29, 1.82) is 0 Å². The van der Waals surface area contributed by atoms with Crippen molar-refractivity contribution in [3.63, 3.8) is 0 Å². The van der Waals surface area contributed by atoms with Gasteiger partial charge in [-0.3, -0.25) is 4.79 Å². The molecule has 0 aromatic heterocycles. The zero-order valence-electron chi connectivity index (χ0n) is 12.6. The van der Waals surface area contributed by atoms with Crippen molar-refractivity contribution in [3.05, 3.63) is 0 Å². The van der Waals surface area contributed by atoms with E-state index in [1.54, 1.807) is 4.90 Å². The summed E-state index contributed by atoms with van der Waals surface area (Å²) in [5, 5.41) is 8.87. The Bertz CT molecular complexity index is 282. The molecule has 1 N–H and O–H groups in total. The molecule has 0 aromatic carbocycles. The van der Waals surface area contributed by atoms with Crippen LogP contribution < -0.4 is 0 Å². The lowest BCUT2D eigenvalue weighted by Crippen LogP contribution is -2.47. The molecule has 0 radical (unpaired) electrons. The van der Waals surface area contributed by atoms with Crippen molar-refractivity contribution < 1.29 is 14.7 Å². The molecule has 0 bridgehead atoms. The first-order chi connectivity index (χ1) is 8.92. The minimum Gasteiger partial charge on any atom is -0.480 e. The number of hydrogen-bond donors (Lipinski definition) is 1. The van der Waals surface area contributed by atoms with Gasteiger partial charge in [0.15, 0.2) is 0 Å². The van der Waals surface area contributed by atoms with Crippen LogP contribution in [0, 0.1) is 0 Å². The second kappa shape index (κ2) is 9.61. The molecule has 0 aliphatic carbocycles. The second-order valence-corrected chi connectivity index (χ2v) is 4.89. The molecule has 0 saturated carbocycles. The number of carbonyl (C=O) groups excluding carboxylic acids is 1. The van der Waals surface area contributed by atoms with Crippen molar-refractivity contribution in [1.82, 2.24) is 14.7 Å². The van der Waals surface area contributed by atoms with Crippen LogP contribution in [0.15, 0.2) is 0 Å². The van der Waals surface area contributed by atoms with E-state index in [0.717, 1.165) is 19.4 Å². The monoisotopic (exact) mass is 273 g/mol. The fourth-order valence-electron chi connectivity index (χ4n) is 1.77. The predicted octanol–water partition coefficient (Wildman–Crippen LogP) is 1.18. The molecule has 0 atom stereocenters. The van der Waals surface area contributed by atoms with Crippen LogP contribution in [0.3, 0.4) is 0 Å². The van der Waals surface area contributed by atoms with E-state index in [4.69, 9.17) is 5.11 Å². The Balaban J connectivity index is 4.65. The maximum absolute atomic E-state index is 12.3. The first-order valence-electron chi connectivity index (χ1n) is 6.82. The number of nitrogens with zero attached hydrogens (tertiary/aromatic N) is 3. The van der Waals surface area contributed by atoms with Gasteiger partial charge in [0.1, 0.15) is 6.54 Å². The molecule has 0 saturated heterocycles. The van der Waals surface area contributed by atoms with E-state index in [-0.39, 0.29) is 12.6 Å². The highest BCUT2D eigenvalue weighted by atomic mass is 16.4. The molecule has 19 heavy (non-hydrogen) atoms. The molecule has 6 nitrogen and oxygen atoms in total. The molecule has 0 spiro atoms. The van der Waals surface area contributed by atoms with Crippen LogP contribution in [0.4, 0.5) is 4.79 Å². The maximum Gasteiger partial charge on any atom is 0.323 e. The highest BCUT2D eigenvalue weighted by molar-refractivity contribution is 5.80. The van der Waals surface area contributed by atoms with Crippen molar-refractivity contribution >= 4 is 12.0 Å². The van der Waals surface area contributed by atoms with Gasteiger partial charge in [-0.25, -0.2) is 4.79 Å². The van der Waals surface area contributed by atoms with Crippen LogP contribution in [-0.2, 0) is 4.79 Å². The predicted molar refractivity (Wildman–Crippen MR) is 75.3 cm³/mol. The van der Waals surface area contributed by atoms with Crippen LogP contribution in [0.25, 0.3) is 0 Å². The van der Waals surface area contributed by atoms with E-state index < -0.39 is 5.97 Å². The van der Waals surface area contributed by atoms with Crippen LogP contribution in [0.2, 0.25) is 0 Å². The summed E-state index contributed by atoms with van der Waals surface area (Å²) in [6.45, 7) is 6.26. The summed E-state index contributed by atoms with van der Waals surface area (Å²) in [5.74, 6) is -0.967. The Labute approximate surface area is 116 Å².